The second-order valence-electron chi connectivity index (χ2n) is 18.8. The number of carboxylic acid groups (broad SMARTS) is 1. The number of nitrogens with two attached hydrogens (primary N) is 3. The number of aliphatic carboxylic acids is 1. The van der Waals surface area contributed by atoms with Gasteiger partial charge in [-0.05, 0) is 78.3 Å². The van der Waals surface area contributed by atoms with Crippen LogP contribution < -0.4 is 54.4 Å². The standard InChI is InChI=1S/C50H79N11O11/c1-9-28(6)40(51)47(69)56-35(13-12-22-54-50(52)53)44(66)58-38(25-32-16-20-34(63)21-17-32)46(68)61-41(29(7)10-2)48(70)59-36(23-27(4)5)45(67)57-37(24-31-14-18-33(62)19-15-31)43(65)55-26-39(64)60-42(49(71)72)30(8)11-3/h14-21,27-30,35-38,40-42,62-63H,9-13,22-26,51H2,1-8H3,(H,55,65)(H,56,69)(H,57,67)(H,58,66)(H,59,70)(H,60,64)(H,61,68)(H,71,72)(H4,52,53,54)/t28-,29-,30-,35-,36-,37-,38-,40-,41-,42-/m0/s1. The fourth-order valence-corrected chi connectivity index (χ4v) is 7.37. The number of carbonyl (C=O) groups is 8. The summed E-state index contributed by atoms with van der Waals surface area (Å²) in [4.78, 5) is 113. The molecule has 22 nitrogen and oxygen atoms in total. The molecule has 2 rings (SSSR count). The van der Waals surface area contributed by atoms with Crippen LogP contribution in [0.1, 0.15) is 105 Å². The molecule has 0 bridgehead atoms. The van der Waals surface area contributed by atoms with Gasteiger partial charge in [-0.15, -0.1) is 0 Å². The second kappa shape index (κ2) is 30.7. The van der Waals surface area contributed by atoms with E-state index in [2.05, 4.69) is 42.2 Å². The summed E-state index contributed by atoms with van der Waals surface area (Å²) in [7, 11) is 0. The molecular weight excluding hydrogens is 931 g/mol. The van der Waals surface area contributed by atoms with Crippen LogP contribution in [-0.2, 0) is 51.2 Å². The summed E-state index contributed by atoms with van der Waals surface area (Å²) in [6.45, 7) is 13.8. The van der Waals surface area contributed by atoms with Gasteiger partial charge >= 0.3 is 5.97 Å². The quantitative estimate of drug-likeness (QED) is 0.0279. The maximum absolute atomic E-state index is 14.5. The van der Waals surface area contributed by atoms with Crippen molar-refractivity contribution in [2.24, 2.45) is 45.9 Å². The molecule has 22 heteroatoms. The van der Waals surface area contributed by atoms with Gasteiger partial charge in [0.2, 0.25) is 41.4 Å². The summed E-state index contributed by atoms with van der Waals surface area (Å²) in [6, 6.07) is 3.27. The van der Waals surface area contributed by atoms with Crippen LogP contribution in [-0.4, -0.2) is 124 Å². The minimum Gasteiger partial charge on any atom is -0.508 e. The van der Waals surface area contributed by atoms with E-state index in [4.69, 9.17) is 17.2 Å². The molecule has 0 saturated heterocycles. The number of amides is 7. The van der Waals surface area contributed by atoms with E-state index < -0.39 is 108 Å². The van der Waals surface area contributed by atoms with Gasteiger partial charge in [0.25, 0.3) is 0 Å². The maximum atomic E-state index is 14.5. The average Bonchev–Trinajstić information content (AvgIpc) is 3.33. The molecule has 0 heterocycles. The Bertz CT molecular complexity index is 2140. The molecule has 0 unspecified atom stereocenters. The number of benzene rings is 2. The molecule has 0 aliphatic rings. The summed E-state index contributed by atoms with van der Waals surface area (Å²) in [6.07, 6.45) is 1.61. The number of phenolic OH excluding ortho intramolecular Hbond substituents is 2. The van der Waals surface area contributed by atoms with Gasteiger partial charge in [-0.25, -0.2) is 4.79 Å². The predicted molar refractivity (Wildman–Crippen MR) is 272 cm³/mol. The Morgan fingerprint density at radius 2 is 1.00 bits per heavy atom. The molecule has 2 aromatic rings. The molecule has 0 aliphatic heterocycles. The fraction of sp³-hybridized carbons (Fsp3) is 0.580. The van der Waals surface area contributed by atoms with Crippen molar-refractivity contribution in [3.63, 3.8) is 0 Å². The zero-order chi connectivity index (χ0) is 54.2. The molecule has 0 saturated carbocycles. The number of carbonyl (C=O) groups excluding carboxylic acids is 7. The molecule has 72 heavy (non-hydrogen) atoms. The molecule has 0 radical (unpaired) electrons. The van der Waals surface area contributed by atoms with Crippen molar-refractivity contribution in [3.05, 3.63) is 59.7 Å². The van der Waals surface area contributed by atoms with Crippen LogP contribution in [0.3, 0.4) is 0 Å². The minimum absolute atomic E-state index is 0.0404. The lowest BCUT2D eigenvalue weighted by atomic mass is 9.95. The number of hydrogen-bond acceptors (Lipinski definition) is 12. The van der Waals surface area contributed by atoms with E-state index in [1.807, 2.05) is 20.8 Å². The van der Waals surface area contributed by atoms with Crippen LogP contribution in [0.25, 0.3) is 0 Å². The SMILES string of the molecule is CC[C@H](C)[C@H](N)C(=O)N[C@@H](CCCN=C(N)N)C(=O)N[C@@H](Cc1ccc(O)cc1)C(=O)N[C@H](C(=O)N[C@@H](CC(C)C)C(=O)N[C@@H](Cc1ccc(O)cc1)C(=O)NCC(=O)N[C@H](C(=O)O)[C@@H](C)CC)[C@@H](C)CC. The fourth-order valence-electron chi connectivity index (χ4n) is 7.37. The van der Waals surface area contributed by atoms with Crippen molar-refractivity contribution < 1.29 is 53.7 Å². The lowest BCUT2D eigenvalue weighted by molar-refractivity contribution is -0.143. The normalized spacial score (nSPS) is 15.3. The van der Waals surface area contributed by atoms with E-state index in [1.165, 1.54) is 36.4 Å². The van der Waals surface area contributed by atoms with Gasteiger partial charge in [-0.2, -0.15) is 0 Å². The number of nitrogens with one attached hydrogen (secondary N) is 7. The zero-order valence-electron chi connectivity index (χ0n) is 42.8. The van der Waals surface area contributed by atoms with Crippen LogP contribution in [0.2, 0.25) is 0 Å². The highest BCUT2D eigenvalue weighted by molar-refractivity contribution is 5.97. The molecule has 0 aliphatic carbocycles. The lowest BCUT2D eigenvalue weighted by Crippen LogP contribution is -2.61. The van der Waals surface area contributed by atoms with Crippen LogP contribution in [0.5, 0.6) is 11.5 Å². The Morgan fingerprint density at radius 3 is 1.47 bits per heavy atom. The molecule has 16 N–H and O–H groups in total. The zero-order valence-corrected chi connectivity index (χ0v) is 42.8. The molecule has 10 atom stereocenters. The summed E-state index contributed by atoms with van der Waals surface area (Å²) in [5.41, 5.74) is 18.2. The third kappa shape index (κ3) is 21.2. The van der Waals surface area contributed by atoms with E-state index in [1.54, 1.807) is 46.8 Å². The van der Waals surface area contributed by atoms with Crippen molar-refractivity contribution in [2.75, 3.05) is 13.1 Å². The Kier molecular flexibility index (Phi) is 26.1. The number of hydrogen-bond donors (Lipinski definition) is 13. The number of aromatic hydroxyl groups is 2. The highest BCUT2D eigenvalue weighted by Crippen LogP contribution is 2.17. The van der Waals surface area contributed by atoms with Gasteiger partial charge in [0.1, 0.15) is 47.8 Å². The summed E-state index contributed by atoms with van der Waals surface area (Å²) >= 11 is 0. The number of guanidine groups is 1. The van der Waals surface area contributed by atoms with Crippen molar-refractivity contribution in [1.29, 1.82) is 0 Å². The number of aliphatic imine (C=N–C) groups is 1. The number of phenols is 2. The van der Waals surface area contributed by atoms with E-state index in [-0.39, 0.29) is 67.9 Å². The van der Waals surface area contributed by atoms with Crippen molar-refractivity contribution >= 4 is 53.3 Å². The van der Waals surface area contributed by atoms with E-state index in [0.29, 0.717) is 30.4 Å². The number of carboxylic acids is 1. The Labute approximate surface area is 422 Å². The topological polar surface area (TPSA) is 372 Å². The van der Waals surface area contributed by atoms with Gasteiger partial charge in [0.05, 0.1) is 12.6 Å². The van der Waals surface area contributed by atoms with Gasteiger partial charge in [-0.3, -0.25) is 38.6 Å². The Hall–Kier alpha value is -6.97. The highest BCUT2D eigenvalue weighted by Gasteiger charge is 2.36. The lowest BCUT2D eigenvalue weighted by Gasteiger charge is -2.30. The summed E-state index contributed by atoms with van der Waals surface area (Å²) in [5.74, 6) is -8.00. The van der Waals surface area contributed by atoms with Gasteiger partial charge in [-0.1, -0.05) is 98.9 Å². The molecule has 2 aromatic carbocycles. The molecular formula is C50H79N11O11. The van der Waals surface area contributed by atoms with E-state index in [0.717, 1.165) is 0 Å². The van der Waals surface area contributed by atoms with Crippen molar-refractivity contribution in [1.82, 2.24) is 37.2 Å². The van der Waals surface area contributed by atoms with Crippen LogP contribution in [0.4, 0.5) is 0 Å². The third-order valence-electron chi connectivity index (χ3n) is 12.5. The molecule has 7 amide bonds. The third-order valence-corrected chi connectivity index (χ3v) is 12.5. The van der Waals surface area contributed by atoms with Crippen LogP contribution in [0.15, 0.2) is 53.5 Å². The molecule has 400 valence electrons. The summed E-state index contributed by atoms with van der Waals surface area (Å²) < 4.78 is 0. The largest absolute Gasteiger partial charge is 0.508 e. The molecule has 0 spiro atoms. The van der Waals surface area contributed by atoms with Crippen molar-refractivity contribution in [3.8, 4) is 11.5 Å². The first-order chi connectivity index (χ1) is 33.9. The van der Waals surface area contributed by atoms with E-state index >= 15 is 0 Å². The Morgan fingerprint density at radius 1 is 0.556 bits per heavy atom. The highest BCUT2D eigenvalue weighted by atomic mass is 16.4. The number of nitrogens with zero attached hydrogens (tertiary/aromatic N) is 1. The Balaban J connectivity index is 2.48. The smallest absolute Gasteiger partial charge is 0.326 e. The summed E-state index contributed by atoms with van der Waals surface area (Å²) in [5, 5.41) is 48.1. The second-order valence-corrected chi connectivity index (χ2v) is 18.8. The first-order valence-electron chi connectivity index (χ1n) is 24.6. The minimum atomic E-state index is -1.34. The van der Waals surface area contributed by atoms with Gasteiger partial charge in [0.15, 0.2) is 5.96 Å². The molecule has 0 fully saturated rings. The maximum Gasteiger partial charge on any atom is 0.326 e. The van der Waals surface area contributed by atoms with E-state index in [9.17, 15) is 53.7 Å². The van der Waals surface area contributed by atoms with Gasteiger partial charge < -0.3 is 69.7 Å². The molecule has 0 aromatic heterocycles. The van der Waals surface area contributed by atoms with Gasteiger partial charge in [0, 0.05) is 19.4 Å². The monoisotopic (exact) mass is 1010 g/mol. The predicted octanol–water partition coefficient (Wildman–Crippen LogP) is 0.558. The first kappa shape index (κ1) is 61.2. The van der Waals surface area contributed by atoms with Crippen LogP contribution >= 0.6 is 0 Å². The first-order valence-corrected chi connectivity index (χ1v) is 24.6. The average molecular weight is 1010 g/mol. The number of rotatable bonds is 31. The van der Waals surface area contributed by atoms with Crippen molar-refractivity contribution in [2.45, 2.75) is 149 Å². The van der Waals surface area contributed by atoms with Crippen LogP contribution in [0, 0.1) is 23.7 Å².